The summed E-state index contributed by atoms with van der Waals surface area (Å²) in [6, 6.07) is 65.8. The molecule has 0 bridgehead atoms. The Morgan fingerprint density at radius 1 is 0.519 bits per heavy atom. The average Bonchev–Trinajstić information content (AvgIpc) is 3.53. The van der Waals surface area contributed by atoms with Crippen LogP contribution in [0.1, 0.15) is 26.3 Å². The SMILES string of the molecule is CC(C)(C)c1ccnc(-c2[c-]ccc(-c3ccccc3)c2)c1.[Ir].[c-]1cc[c]2c3c1c1ncccc1c1ccc[c](c13)[Ge]2([c]1ccccc1)[c]1ccccc1. The van der Waals surface area contributed by atoms with Crippen molar-refractivity contribution >= 4 is 63.3 Å². The molecule has 9 aromatic rings. The van der Waals surface area contributed by atoms with E-state index in [0.29, 0.717) is 0 Å². The van der Waals surface area contributed by atoms with Crippen LogP contribution in [0.5, 0.6) is 0 Å². The third-order valence-electron chi connectivity index (χ3n) is 10.7. The van der Waals surface area contributed by atoms with Crippen molar-refractivity contribution < 1.29 is 20.1 Å². The van der Waals surface area contributed by atoms with Gasteiger partial charge in [0.05, 0.1) is 0 Å². The normalized spacial score (nSPS) is 12.7. The van der Waals surface area contributed by atoms with Gasteiger partial charge in [-0.15, -0.1) is 35.4 Å². The van der Waals surface area contributed by atoms with E-state index in [2.05, 4.69) is 183 Å². The van der Waals surface area contributed by atoms with E-state index in [9.17, 15) is 0 Å². The van der Waals surface area contributed by atoms with Crippen molar-refractivity contribution in [1.29, 1.82) is 0 Å². The molecule has 0 saturated heterocycles. The number of benzene rings is 7. The second-order valence-corrected chi connectivity index (χ2v) is 22.6. The first-order valence-electron chi connectivity index (χ1n) is 18.2. The molecule has 0 N–H and O–H groups in total. The fourth-order valence-electron chi connectivity index (χ4n) is 8.22. The van der Waals surface area contributed by atoms with Crippen LogP contribution in [-0.4, -0.2) is 23.2 Å². The predicted octanol–water partition coefficient (Wildman–Crippen LogP) is 9.54. The van der Waals surface area contributed by atoms with Gasteiger partial charge in [-0.05, 0) is 28.3 Å². The van der Waals surface area contributed by atoms with Crippen LogP contribution in [0.15, 0.2) is 176 Å². The van der Waals surface area contributed by atoms with Crippen LogP contribution in [0.4, 0.5) is 0 Å². The second-order valence-electron chi connectivity index (χ2n) is 14.8. The van der Waals surface area contributed by atoms with Crippen molar-refractivity contribution in [3.63, 3.8) is 0 Å². The molecule has 2 aromatic heterocycles. The number of pyridine rings is 2. The summed E-state index contributed by atoms with van der Waals surface area (Å²) in [5, 5.41) is 6.48. The van der Waals surface area contributed by atoms with Gasteiger partial charge in [0.1, 0.15) is 0 Å². The number of aromatic nitrogens is 2. The monoisotopic (exact) mass is 933 g/mol. The molecule has 3 heterocycles. The van der Waals surface area contributed by atoms with Crippen molar-refractivity contribution in [2.75, 3.05) is 0 Å². The van der Waals surface area contributed by atoms with Gasteiger partial charge in [0.25, 0.3) is 0 Å². The Balaban J connectivity index is 0.000000160. The molecule has 0 fully saturated rings. The molecule has 0 atom stereocenters. The summed E-state index contributed by atoms with van der Waals surface area (Å²) in [4.78, 5) is 9.33. The van der Waals surface area contributed by atoms with Crippen LogP contribution in [0.3, 0.4) is 0 Å². The van der Waals surface area contributed by atoms with E-state index in [1.807, 2.05) is 30.6 Å². The van der Waals surface area contributed by atoms with Gasteiger partial charge in [0, 0.05) is 26.3 Å². The van der Waals surface area contributed by atoms with Crippen LogP contribution in [0, 0.1) is 12.1 Å². The number of hydrogen-bond acceptors (Lipinski definition) is 2. The van der Waals surface area contributed by atoms with Gasteiger partial charge in [0.2, 0.25) is 0 Å². The number of rotatable bonds is 4. The van der Waals surface area contributed by atoms with Crippen LogP contribution < -0.4 is 17.6 Å². The summed E-state index contributed by atoms with van der Waals surface area (Å²) in [5.74, 6) is 0. The van der Waals surface area contributed by atoms with E-state index in [0.717, 1.165) is 22.2 Å². The van der Waals surface area contributed by atoms with E-state index in [-0.39, 0.29) is 25.5 Å². The zero-order valence-electron chi connectivity index (χ0n) is 30.5. The first kappa shape index (κ1) is 35.8. The van der Waals surface area contributed by atoms with Gasteiger partial charge in [-0.2, -0.15) is 0 Å². The van der Waals surface area contributed by atoms with Gasteiger partial charge in [-0.1, -0.05) is 57.2 Å². The Morgan fingerprint density at radius 3 is 1.87 bits per heavy atom. The summed E-state index contributed by atoms with van der Waals surface area (Å²) in [6.07, 6.45) is 3.79. The molecule has 0 spiro atoms. The number of fused-ring (bicyclic) bond motifs is 3. The fourth-order valence-corrected chi connectivity index (χ4v) is 19.1. The molecule has 7 aromatic carbocycles. The fraction of sp³-hybridized carbons (Fsp3) is 0.0800. The molecule has 1 radical (unpaired) electrons. The maximum atomic E-state index is 4.81. The Bertz CT molecular complexity index is 2630. The Hall–Kier alpha value is -5.19. The van der Waals surface area contributed by atoms with Crippen molar-refractivity contribution in [3.8, 4) is 22.4 Å². The van der Waals surface area contributed by atoms with Crippen molar-refractivity contribution in [2.45, 2.75) is 26.2 Å². The Kier molecular flexibility index (Phi) is 9.66. The van der Waals surface area contributed by atoms with E-state index in [1.54, 1.807) is 0 Å². The molecule has 4 heteroatoms. The topological polar surface area (TPSA) is 25.8 Å². The van der Waals surface area contributed by atoms with Gasteiger partial charge in [-0.25, -0.2) is 0 Å². The molecule has 263 valence electrons. The molecular formula is C50H38GeIrN2-2. The molecule has 0 aliphatic carbocycles. The summed E-state index contributed by atoms with van der Waals surface area (Å²) in [7, 11) is 0. The van der Waals surface area contributed by atoms with Gasteiger partial charge >= 0.3 is 184 Å². The third kappa shape index (κ3) is 6.01. The summed E-state index contributed by atoms with van der Waals surface area (Å²) in [6.45, 7) is 6.66. The molecule has 1 aliphatic rings. The molecule has 2 nitrogen and oxygen atoms in total. The standard InChI is InChI=1S/C29H18GeN.C21H20N.Ir/c1-3-10-20(11-4-1)30(21-12-5-2-6-13-21)25-17-7-14-22-23-16-9-19-31-29(23)24-15-8-18-26(30)28(24)27(22)25;1-21(2,3)19-12-13-22-20(15-19)18-11-7-10-17(14-18)16-8-5-4-6-9-16;/h1-14,16-19H;4-10,12-15H,1-3H3;/q2*-1;. The number of nitrogens with zero attached hydrogens (tertiary/aromatic N) is 2. The van der Waals surface area contributed by atoms with Crippen molar-refractivity contribution in [2.24, 2.45) is 0 Å². The maximum absolute atomic E-state index is 4.81. The van der Waals surface area contributed by atoms with Crippen LogP contribution in [-0.2, 0) is 25.5 Å². The molecule has 0 unspecified atom stereocenters. The summed E-state index contributed by atoms with van der Waals surface area (Å²) >= 11 is -3.16. The van der Waals surface area contributed by atoms with Gasteiger partial charge in [0.15, 0.2) is 0 Å². The van der Waals surface area contributed by atoms with E-state index in [4.69, 9.17) is 4.98 Å². The van der Waals surface area contributed by atoms with E-state index >= 15 is 0 Å². The van der Waals surface area contributed by atoms with E-state index < -0.39 is 13.3 Å². The number of hydrogen-bond donors (Lipinski definition) is 0. The quantitative estimate of drug-likeness (QED) is 0.1000. The first-order valence-corrected chi connectivity index (χ1v) is 22.4. The van der Waals surface area contributed by atoms with E-state index in [1.165, 1.54) is 55.8 Å². The Labute approximate surface area is 333 Å². The predicted molar refractivity (Wildman–Crippen MR) is 225 cm³/mol. The first-order chi connectivity index (χ1) is 25.9. The molecular weight excluding hydrogens is 893 g/mol. The molecule has 1 aliphatic heterocycles. The molecule has 54 heavy (non-hydrogen) atoms. The molecule has 0 saturated carbocycles. The van der Waals surface area contributed by atoms with Crippen LogP contribution in [0.2, 0.25) is 0 Å². The van der Waals surface area contributed by atoms with Crippen molar-refractivity contribution in [3.05, 3.63) is 194 Å². The summed E-state index contributed by atoms with van der Waals surface area (Å²) < 4.78 is 5.98. The van der Waals surface area contributed by atoms with Crippen LogP contribution in [0.25, 0.3) is 54.8 Å². The molecule has 10 rings (SSSR count). The second kappa shape index (κ2) is 14.6. The zero-order valence-corrected chi connectivity index (χ0v) is 35.0. The Morgan fingerprint density at radius 2 is 1.17 bits per heavy atom. The zero-order chi connectivity index (χ0) is 36.0. The molecule has 0 amide bonds. The van der Waals surface area contributed by atoms with Crippen molar-refractivity contribution in [1.82, 2.24) is 9.97 Å². The third-order valence-corrected chi connectivity index (χ3v) is 20.9. The van der Waals surface area contributed by atoms with Crippen LogP contribution >= 0.6 is 0 Å². The minimum absolute atomic E-state index is 0. The van der Waals surface area contributed by atoms with Gasteiger partial charge < -0.3 is 4.98 Å². The minimum atomic E-state index is -3.16. The summed E-state index contributed by atoms with van der Waals surface area (Å²) in [5.41, 5.74) is 6.88. The van der Waals surface area contributed by atoms with Gasteiger partial charge in [-0.3, -0.25) is 0 Å². The average molecular weight is 932 g/mol.